The Morgan fingerprint density at radius 1 is 1.21 bits per heavy atom. The molecule has 0 aliphatic rings. The van der Waals surface area contributed by atoms with Gasteiger partial charge in [0.15, 0.2) is 0 Å². The van der Waals surface area contributed by atoms with Crippen molar-refractivity contribution in [3.8, 4) is 0 Å². The van der Waals surface area contributed by atoms with E-state index >= 15 is 0 Å². The van der Waals surface area contributed by atoms with E-state index in [0.29, 0.717) is 6.04 Å². The lowest BCUT2D eigenvalue weighted by molar-refractivity contribution is 0.471. The lowest BCUT2D eigenvalue weighted by atomic mass is 10.2. The van der Waals surface area contributed by atoms with E-state index in [1.54, 1.807) is 0 Å². The summed E-state index contributed by atoms with van der Waals surface area (Å²) in [7, 11) is 0. The minimum atomic E-state index is 0.463. The SMILES string of the molecule is CCC(C)n1ccc(CNCc2ccc(Cl)cc2)n1. The number of hydrogen-bond acceptors (Lipinski definition) is 2. The second-order valence-corrected chi connectivity index (χ2v) is 5.21. The third-order valence-corrected chi connectivity index (χ3v) is 3.51. The third-order valence-electron chi connectivity index (χ3n) is 3.25. The van der Waals surface area contributed by atoms with Gasteiger partial charge in [0.1, 0.15) is 0 Å². The quantitative estimate of drug-likeness (QED) is 0.870. The van der Waals surface area contributed by atoms with Crippen LogP contribution in [0.4, 0.5) is 0 Å². The molecule has 0 bridgehead atoms. The second kappa shape index (κ2) is 6.73. The van der Waals surface area contributed by atoms with Crippen LogP contribution in [0.25, 0.3) is 0 Å². The molecule has 0 fully saturated rings. The summed E-state index contributed by atoms with van der Waals surface area (Å²) in [6.07, 6.45) is 3.15. The molecule has 4 heteroatoms. The van der Waals surface area contributed by atoms with Gasteiger partial charge in [0.05, 0.1) is 5.69 Å². The van der Waals surface area contributed by atoms with Gasteiger partial charge in [-0.1, -0.05) is 30.7 Å². The van der Waals surface area contributed by atoms with Crippen molar-refractivity contribution in [2.75, 3.05) is 0 Å². The highest BCUT2D eigenvalue weighted by molar-refractivity contribution is 6.30. The van der Waals surface area contributed by atoms with Crippen molar-refractivity contribution in [2.24, 2.45) is 0 Å². The van der Waals surface area contributed by atoms with E-state index in [4.69, 9.17) is 11.6 Å². The van der Waals surface area contributed by atoms with Gasteiger partial charge >= 0.3 is 0 Å². The molecule has 0 amide bonds. The number of aromatic nitrogens is 2. The van der Waals surface area contributed by atoms with Crippen molar-refractivity contribution in [1.82, 2.24) is 15.1 Å². The van der Waals surface area contributed by atoms with Crippen LogP contribution >= 0.6 is 11.6 Å². The average molecular weight is 278 g/mol. The molecule has 0 spiro atoms. The Balaban J connectivity index is 1.82. The monoisotopic (exact) mass is 277 g/mol. The molecule has 1 unspecified atom stereocenters. The zero-order valence-electron chi connectivity index (χ0n) is 11.4. The summed E-state index contributed by atoms with van der Waals surface area (Å²) in [5.74, 6) is 0. The van der Waals surface area contributed by atoms with Gasteiger partial charge in [-0.15, -0.1) is 0 Å². The molecule has 2 rings (SSSR count). The maximum Gasteiger partial charge on any atom is 0.0762 e. The molecule has 102 valence electrons. The van der Waals surface area contributed by atoms with Crippen LogP contribution in [0.2, 0.25) is 5.02 Å². The minimum absolute atomic E-state index is 0.463. The molecule has 0 aliphatic carbocycles. The van der Waals surface area contributed by atoms with Crippen molar-refractivity contribution in [1.29, 1.82) is 0 Å². The van der Waals surface area contributed by atoms with Crippen molar-refractivity contribution < 1.29 is 0 Å². The van der Waals surface area contributed by atoms with Gasteiger partial charge in [-0.05, 0) is 37.1 Å². The van der Waals surface area contributed by atoms with Crippen LogP contribution in [0, 0.1) is 0 Å². The number of nitrogens with zero attached hydrogens (tertiary/aromatic N) is 2. The molecular weight excluding hydrogens is 258 g/mol. The zero-order chi connectivity index (χ0) is 13.7. The van der Waals surface area contributed by atoms with E-state index < -0.39 is 0 Å². The summed E-state index contributed by atoms with van der Waals surface area (Å²) in [5.41, 5.74) is 2.31. The van der Waals surface area contributed by atoms with Gasteiger partial charge in [-0.25, -0.2) is 0 Å². The van der Waals surface area contributed by atoms with Gasteiger partial charge in [-0.3, -0.25) is 4.68 Å². The second-order valence-electron chi connectivity index (χ2n) is 4.77. The Labute approximate surface area is 119 Å². The largest absolute Gasteiger partial charge is 0.307 e. The first kappa shape index (κ1) is 14.1. The predicted molar refractivity (Wildman–Crippen MR) is 79.2 cm³/mol. The predicted octanol–water partition coefficient (Wildman–Crippen LogP) is 3.80. The fourth-order valence-corrected chi connectivity index (χ4v) is 1.97. The fraction of sp³-hybridized carbons (Fsp3) is 0.400. The highest BCUT2D eigenvalue weighted by Crippen LogP contribution is 2.10. The average Bonchev–Trinajstić information content (AvgIpc) is 2.89. The smallest absolute Gasteiger partial charge is 0.0762 e. The van der Waals surface area contributed by atoms with Crippen LogP contribution in [0.5, 0.6) is 0 Å². The molecule has 1 N–H and O–H groups in total. The first-order valence-electron chi connectivity index (χ1n) is 6.68. The van der Waals surface area contributed by atoms with Crippen LogP contribution in [-0.4, -0.2) is 9.78 Å². The Hall–Kier alpha value is -1.32. The van der Waals surface area contributed by atoms with Gasteiger partial charge in [0.2, 0.25) is 0 Å². The Morgan fingerprint density at radius 2 is 1.95 bits per heavy atom. The lowest BCUT2D eigenvalue weighted by Crippen LogP contribution is -2.14. The van der Waals surface area contributed by atoms with Gasteiger partial charge < -0.3 is 5.32 Å². The van der Waals surface area contributed by atoms with E-state index in [0.717, 1.165) is 30.2 Å². The highest BCUT2D eigenvalue weighted by Gasteiger charge is 2.04. The number of hydrogen-bond donors (Lipinski definition) is 1. The van der Waals surface area contributed by atoms with Crippen molar-refractivity contribution >= 4 is 11.6 Å². The van der Waals surface area contributed by atoms with Crippen LogP contribution in [0.3, 0.4) is 0 Å². The Bertz CT molecular complexity index is 504. The molecule has 0 saturated carbocycles. The summed E-state index contributed by atoms with van der Waals surface area (Å²) in [6.45, 7) is 5.96. The van der Waals surface area contributed by atoms with Crippen molar-refractivity contribution in [3.05, 3.63) is 52.8 Å². The van der Waals surface area contributed by atoms with Crippen LogP contribution in [0.1, 0.15) is 37.6 Å². The fourth-order valence-electron chi connectivity index (χ4n) is 1.84. The molecule has 2 aromatic rings. The normalized spacial score (nSPS) is 12.6. The maximum absolute atomic E-state index is 5.85. The van der Waals surface area contributed by atoms with Gasteiger partial charge in [0.25, 0.3) is 0 Å². The molecule has 3 nitrogen and oxygen atoms in total. The lowest BCUT2D eigenvalue weighted by Gasteiger charge is -2.08. The van der Waals surface area contributed by atoms with E-state index in [-0.39, 0.29) is 0 Å². The van der Waals surface area contributed by atoms with Crippen LogP contribution < -0.4 is 5.32 Å². The Morgan fingerprint density at radius 3 is 2.63 bits per heavy atom. The number of benzene rings is 1. The molecule has 1 heterocycles. The van der Waals surface area contributed by atoms with Gasteiger partial charge in [-0.2, -0.15) is 5.10 Å². The molecule has 19 heavy (non-hydrogen) atoms. The first-order valence-corrected chi connectivity index (χ1v) is 7.06. The van der Waals surface area contributed by atoms with Crippen LogP contribution in [0.15, 0.2) is 36.5 Å². The topological polar surface area (TPSA) is 29.9 Å². The summed E-state index contributed by atoms with van der Waals surface area (Å²) < 4.78 is 2.03. The van der Waals surface area contributed by atoms with Crippen LogP contribution in [-0.2, 0) is 13.1 Å². The number of nitrogens with one attached hydrogen (secondary N) is 1. The third kappa shape index (κ3) is 4.08. The highest BCUT2D eigenvalue weighted by atomic mass is 35.5. The number of halogens is 1. The summed E-state index contributed by atoms with van der Waals surface area (Å²) in [6, 6.07) is 10.4. The molecule has 1 atom stereocenters. The van der Waals surface area contributed by atoms with E-state index in [9.17, 15) is 0 Å². The Kier molecular flexibility index (Phi) is 5.00. The van der Waals surface area contributed by atoms with E-state index in [1.807, 2.05) is 35.1 Å². The molecule has 0 saturated heterocycles. The minimum Gasteiger partial charge on any atom is -0.307 e. The van der Waals surface area contributed by atoms with E-state index in [1.165, 1.54) is 5.56 Å². The standard InChI is InChI=1S/C15H20ClN3/c1-3-12(2)19-9-8-15(18-19)11-17-10-13-4-6-14(16)7-5-13/h4-9,12,17H,3,10-11H2,1-2H3. The molecule has 0 aliphatic heterocycles. The van der Waals surface area contributed by atoms with Gasteiger partial charge in [0, 0.05) is 30.4 Å². The molecular formula is C15H20ClN3. The summed E-state index contributed by atoms with van der Waals surface area (Å²) in [4.78, 5) is 0. The molecule has 1 aromatic carbocycles. The van der Waals surface area contributed by atoms with E-state index in [2.05, 4.69) is 30.3 Å². The molecule has 1 aromatic heterocycles. The number of rotatable bonds is 6. The maximum atomic E-state index is 5.85. The first-order chi connectivity index (χ1) is 9.19. The zero-order valence-corrected chi connectivity index (χ0v) is 12.2. The summed E-state index contributed by atoms with van der Waals surface area (Å²) >= 11 is 5.85. The van der Waals surface area contributed by atoms with Crippen molar-refractivity contribution in [3.63, 3.8) is 0 Å². The van der Waals surface area contributed by atoms with Crippen molar-refractivity contribution in [2.45, 2.75) is 39.4 Å². The molecule has 0 radical (unpaired) electrons. The summed E-state index contributed by atoms with van der Waals surface area (Å²) in [5, 5.41) is 8.72.